The lowest BCUT2D eigenvalue weighted by molar-refractivity contribution is 0.0316. The maximum atomic E-state index is 5.99. The topological polar surface area (TPSA) is 73.1 Å². The van der Waals surface area contributed by atoms with Gasteiger partial charge in [0, 0.05) is 18.5 Å². The SMILES string of the molecule is Cc1nc(-c2c(N)nsc2NCC2(C)CCCO2)cs1. The van der Waals surface area contributed by atoms with Crippen LogP contribution in [-0.4, -0.2) is 28.1 Å². The highest BCUT2D eigenvalue weighted by molar-refractivity contribution is 7.11. The predicted octanol–water partition coefficient (Wildman–Crippen LogP) is 3.14. The molecule has 0 saturated carbocycles. The molecule has 0 aliphatic carbocycles. The Kier molecular flexibility index (Phi) is 3.66. The van der Waals surface area contributed by atoms with Crippen molar-refractivity contribution in [3.63, 3.8) is 0 Å². The van der Waals surface area contributed by atoms with Crippen LogP contribution < -0.4 is 11.1 Å². The molecule has 0 radical (unpaired) electrons. The van der Waals surface area contributed by atoms with E-state index in [-0.39, 0.29) is 5.60 Å². The third kappa shape index (κ3) is 2.65. The fourth-order valence-corrected chi connectivity index (χ4v) is 3.71. The highest BCUT2D eigenvalue weighted by Crippen LogP contribution is 2.38. The molecule has 1 aliphatic rings. The van der Waals surface area contributed by atoms with E-state index in [0.29, 0.717) is 5.82 Å². The molecule has 20 heavy (non-hydrogen) atoms. The van der Waals surface area contributed by atoms with Gasteiger partial charge in [-0.25, -0.2) is 4.98 Å². The Morgan fingerprint density at radius 2 is 2.40 bits per heavy atom. The Labute approximate surface area is 126 Å². The van der Waals surface area contributed by atoms with Crippen molar-refractivity contribution in [2.24, 2.45) is 0 Å². The van der Waals surface area contributed by atoms with Crippen LogP contribution in [0.15, 0.2) is 5.38 Å². The van der Waals surface area contributed by atoms with Crippen LogP contribution in [0.5, 0.6) is 0 Å². The summed E-state index contributed by atoms with van der Waals surface area (Å²) in [4.78, 5) is 4.51. The van der Waals surface area contributed by atoms with Gasteiger partial charge >= 0.3 is 0 Å². The second-order valence-electron chi connectivity index (χ2n) is 5.28. The number of hydrogen-bond acceptors (Lipinski definition) is 7. The minimum atomic E-state index is -0.0893. The van der Waals surface area contributed by atoms with Crippen LogP contribution in [0, 0.1) is 6.92 Å². The maximum absolute atomic E-state index is 5.99. The van der Waals surface area contributed by atoms with E-state index in [1.54, 1.807) is 11.3 Å². The molecular formula is C13H18N4OS2. The van der Waals surface area contributed by atoms with E-state index in [1.165, 1.54) is 11.5 Å². The molecule has 0 amide bonds. The zero-order valence-electron chi connectivity index (χ0n) is 11.6. The van der Waals surface area contributed by atoms with Gasteiger partial charge in [-0.3, -0.25) is 0 Å². The van der Waals surface area contributed by atoms with Crippen molar-refractivity contribution in [2.45, 2.75) is 32.3 Å². The summed E-state index contributed by atoms with van der Waals surface area (Å²) in [5.41, 5.74) is 7.72. The van der Waals surface area contributed by atoms with Crippen molar-refractivity contribution in [3.05, 3.63) is 10.4 Å². The number of nitrogen functional groups attached to an aromatic ring is 1. The van der Waals surface area contributed by atoms with Crippen molar-refractivity contribution in [3.8, 4) is 11.3 Å². The maximum Gasteiger partial charge on any atom is 0.148 e. The Bertz CT molecular complexity index is 601. The molecule has 3 rings (SSSR count). The average molecular weight is 310 g/mol. The number of aromatic nitrogens is 2. The number of anilines is 2. The van der Waals surface area contributed by atoms with Crippen molar-refractivity contribution >= 4 is 33.7 Å². The molecule has 1 fully saturated rings. The van der Waals surface area contributed by atoms with Gasteiger partial charge in [0.2, 0.25) is 0 Å². The average Bonchev–Trinajstić information content (AvgIpc) is 3.09. The molecule has 1 unspecified atom stereocenters. The zero-order valence-corrected chi connectivity index (χ0v) is 13.2. The van der Waals surface area contributed by atoms with Crippen molar-refractivity contribution < 1.29 is 4.74 Å². The number of nitrogens with zero attached hydrogens (tertiary/aromatic N) is 2. The van der Waals surface area contributed by atoms with Crippen LogP contribution in [0.1, 0.15) is 24.8 Å². The summed E-state index contributed by atoms with van der Waals surface area (Å²) in [6.45, 7) is 5.75. The van der Waals surface area contributed by atoms with Gasteiger partial charge in [0.15, 0.2) is 0 Å². The summed E-state index contributed by atoms with van der Waals surface area (Å²) in [6, 6.07) is 0. The predicted molar refractivity (Wildman–Crippen MR) is 84.5 cm³/mol. The molecule has 0 spiro atoms. The van der Waals surface area contributed by atoms with Crippen molar-refractivity contribution in [1.29, 1.82) is 0 Å². The summed E-state index contributed by atoms with van der Waals surface area (Å²) in [5.74, 6) is 0.542. The molecule has 5 nitrogen and oxygen atoms in total. The zero-order chi connectivity index (χ0) is 14.2. The first-order chi connectivity index (χ1) is 9.57. The molecule has 1 atom stereocenters. The number of ether oxygens (including phenoxy) is 1. The van der Waals surface area contributed by atoms with Crippen LogP contribution in [0.2, 0.25) is 0 Å². The number of thiazole rings is 1. The van der Waals surface area contributed by atoms with Gasteiger partial charge in [0.05, 0.1) is 21.9 Å². The number of nitrogens with two attached hydrogens (primary N) is 1. The second kappa shape index (κ2) is 5.31. The van der Waals surface area contributed by atoms with Crippen LogP contribution in [0.3, 0.4) is 0 Å². The summed E-state index contributed by atoms with van der Waals surface area (Å²) in [6.07, 6.45) is 2.21. The Balaban J connectivity index is 1.80. The van der Waals surface area contributed by atoms with E-state index in [9.17, 15) is 0 Å². The standard InChI is InChI=1S/C13H18N4OS2/c1-8-16-9(6-19-8)10-11(14)17-20-12(10)15-7-13(2)4-3-5-18-13/h6,15H,3-5,7H2,1-2H3,(H2,14,17). The molecule has 0 bridgehead atoms. The Hall–Kier alpha value is -1.18. The van der Waals surface area contributed by atoms with Crippen LogP contribution in [-0.2, 0) is 4.74 Å². The van der Waals surface area contributed by atoms with E-state index in [0.717, 1.165) is 47.3 Å². The highest BCUT2D eigenvalue weighted by atomic mass is 32.1. The van der Waals surface area contributed by atoms with Gasteiger partial charge in [-0.2, -0.15) is 4.37 Å². The largest absolute Gasteiger partial charge is 0.382 e. The van der Waals surface area contributed by atoms with E-state index in [4.69, 9.17) is 10.5 Å². The highest BCUT2D eigenvalue weighted by Gasteiger charge is 2.30. The molecule has 1 aliphatic heterocycles. The third-order valence-electron chi connectivity index (χ3n) is 3.52. The van der Waals surface area contributed by atoms with E-state index < -0.39 is 0 Å². The molecule has 2 aromatic rings. The number of aryl methyl sites for hydroxylation is 1. The molecule has 2 aromatic heterocycles. The first kappa shape index (κ1) is 13.8. The lowest BCUT2D eigenvalue weighted by Gasteiger charge is -2.23. The van der Waals surface area contributed by atoms with Crippen molar-refractivity contribution in [1.82, 2.24) is 9.36 Å². The van der Waals surface area contributed by atoms with Gasteiger partial charge in [0.25, 0.3) is 0 Å². The quantitative estimate of drug-likeness (QED) is 0.907. The van der Waals surface area contributed by atoms with E-state index in [1.807, 2.05) is 12.3 Å². The molecule has 3 heterocycles. The molecule has 108 valence electrons. The van der Waals surface area contributed by atoms with Gasteiger partial charge in [0.1, 0.15) is 10.8 Å². The lowest BCUT2D eigenvalue weighted by atomic mass is 10.0. The minimum absolute atomic E-state index is 0.0893. The molecule has 3 N–H and O–H groups in total. The fraction of sp³-hybridized carbons (Fsp3) is 0.538. The summed E-state index contributed by atoms with van der Waals surface area (Å²) < 4.78 is 10.0. The Morgan fingerprint density at radius 3 is 3.05 bits per heavy atom. The molecule has 7 heteroatoms. The summed E-state index contributed by atoms with van der Waals surface area (Å²) >= 11 is 3.01. The molecule has 1 saturated heterocycles. The van der Waals surface area contributed by atoms with Crippen LogP contribution in [0.25, 0.3) is 11.3 Å². The first-order valence-corrected chi connectivity index (χ1v) is 8.28. The first-order valence-electron chi connectivity index (χ1n) is 6.63. The smallest absolute Gasteiger partial charge is 0.148 e. The fourth-order valence-electron chi connectivity index (χ4n) is 2.39. The number of hydrogen-bond donors (Lipinski definition) is 2. The van der Waals surface area contributed by atoms with Crippen LogP contribution >= 0.6 is 22.9 Å². The van der Waals surface area contributed by atoms with E-state index >= 15 is 0 Å². The number of nitrogens with one attached hydrogen (secondary N) is 1. The van der Waals surface area contributed by atoms with Crippen LogP contribution in [0.4, 0.5) is 10.8 Å². The second-order valence-corrected chi connectivity index (χ2v) is 7.11. The van der Waals surface area contributed by atoms with Gasteiger partial charge in [-0.05, 0) is 38.2 Å². The molecular weight excluding hydrogens is 292 g/mol. The number of rotatable bonds is 4. The van der Waals surface area contributed by atoms with Gasteiger partial charge in [-0.15, -0.1) is 11.3 Å². The Morgan fingerprint density at radius 1 is 1.55 bits per heavy atom. The summed E-state index contributed by atoms with van der Waals surface area (Å²) in [7, 11) is 0. The molecule has 0 aromatic carbocycles. The third-order valence-corrected chi connectivity index (χ3v) is 5.11. The lowest BCUT2D eigenvalue weighted by Crippen LogP contribution is -2.32. The van der Waals surface area contributed by atoms with Gasteiger partial charge in [-0.1, -0.05) is 0 Å². The van der Waals surface area contributed by atoms with Gasteiger partial charge < -0.3 is 15.8 Å². The normalized spacial score (nSPS) is 22.3. The summed E-state index contributed by atoms with van der Waals surface area (Å²) in [5, 5.41) is 7.47. The monoisotopic (exact) mass is 310 g/mol. The van der Waals surface area contributed by atoms with Crippen molar-refractivity contribution in [2.75, 3.05) is 24.2 Å². The van der Waals surface area contributed by atoms with E-state index in [2.05, 4.69) is 21.6 Å². The minimum Gasteiger partial charge on any atom is -0.382 e.